The molecule has 5 nitrogen and oxygen atoms in total. The van der Waals surface area contributed by atoms with Crippen LogP contribution in [0.1, 0.15) is 22.6 Å². The van der Waals surface area contributed by atoms with Gasteiger partial charge in [0.2, 0.25) is 0 Å². The number of benzene rings is 3. The van der Waals surface area contributed by atoms with E-state index in [1.165, 1.54) is 22.1 Å². The van der Waals surface area contributed by atoms with Crippen molar-refractivity contribution in [2.24, 2.45) is 0 Å². The van der Waals surface area contributed by atoms with Crippen molar-refractivity contribution >= 4 is 18.0 Å². The van der Waals surface area contributed by atoms with E-state index in [0.29, 0.717) is 18.9 Å². The van der Waals surface area contributed by atoms with Crippen LogP contribution in [0.2, 0.25) is 0 Å². The number of aliphatic hydroxyl groups excluding tert-OH is 1. The van der Waals surface area contributed by atoms with Crippen LogP contribution in [-0.4, -0.2) is 47.3 Å². The Kier molecular flexibility index (Phi) is 9.01. The van der Waals surface area contributed by atoms with Crippen LogP contribution in [0.25, 0.3) is 0 Å². The molecule has 0 radical (unpaired) electrons. The average molecular weight is 489 g/mol. The first-order chi connectivity index (χ1) is 17.1. The fourth-order valence-electron chi connectivity index (χ4n) is 4.39. The maximum absolute atomic E-state index is 12.3. The number of β-amino-alcohol motifs (C(OH)–C–C–N with tert-alkyl or cyclic N) is 1. The zero-order valence-electron chi connectivity index (χ0n) is 19.8. The number of amides is 1. The smallest absolute Gasteiger partial charge is 0.407 e. The number of rotatable bonds is 9. The molecule has 0 aromatic heterocycles. The second kappa shape index (κ2) is 12.6. The molecule has 0 aliphatic carbocycles. The van der Waals surface area contributed by atoms with Crippen molar-refractivity contribution in [1.82, 2.24) is 9.62 Å². The summed E-state index contributed by atoms with van der Waals surface area (Å²) in [6.45, 7) is 4.91. The van der Waals surface area contributed by atoms with Gasteiger partial charge in [-0.3, -0.25) is 0 Å². The molecule has 0 spiro atoms. The number of carbonyl (C=O) groups is 1. The Morgan fingerprint density at radius 3 is 2.51 bits per heavy atom. The van der Waals surface area contributed by atoms with Gasteiger partial charge in [-0.25, -0.2) is 9.10 Å². The minimum Gasteiger partial charge on any atom is -0.445 e. The van der Waals surface area contributed by atoms with Crippen LogP contribution < -0.4 is 5.32 Å². The summed E-state index contributed by atoms with van der Waals surface area (Å²) in [5.74, 6) is 0.303. The lowest BCUT2D eigenvalue weighted by molar-refractivity contribution is 0.0951. The molecule has 4 rings (SSSR count). The molecule has 3 atom stereocenters. The fourth-order valence-corrected chi connectivity index (χ4v) is 5.56. The van der Waals surface area contributed by atoms with E-state index < -0.39 is 18.2 Å². The molecule has 0 saturated carbocycles. The molecule has 1 amide bonds. The molecule has 0 bridgehead atoms. The highest BCUT2D eigenvalue weighted by molar-refractivity contribution is 7.97. The van der Waals surface area contributed by atoms with Crippen molar-refractivity contribution in [3.05, 3.63) is 114 Å². The van der Waals surface area contributed by atoms with Gasteiger partial charge in [-0.05, 0) is 47.5 Å². The standard InChI is InChI=1S/C29H32N2O3S/c1-2-17-34-29(33)30-26(18-22-11-5-3-6-12-22)27(32)21-31-20-25(23-13-7-4-8-14-23)19-24-15-9-10-16-28(24)35-31/h2-16,25-27,32H,1,17-21H2,(H,30,33)/t25-,26?,27+/m0/s1. The summed E-state index contributed by atoms with van der Waals surface area (Å²) >= 11 is 1.68. The van der Waals surface area contributed by atoms with Crippen molar-refractivity contribution in [3.63, 3.8) is 0 Å². The second-order valence-corrected chi connectivity index (χ2v) is 9.89. The van der Waals surface area contributed by atoms with E-state index >= 15 is 0 Å². The maximum atomic E-state index is 12.3. The number of aliphatic hydroxyl groups is 1. The minimum atomic E-state index is -0.791. The number of fused-ring (bicyclic) bond motifs is 1. The molecule has 2 N–H and O–H groups in total. The predicted octanol–water partition coefficient (Wildman–Crippen LogP) is 5.22. The molecule has 3 aromatic carbocycles. The van der Waals surface area contributed by atoms with Crippen molar-refractivity contribution in [2.75, 3.05) is 19.7 Å². The highest BCUT2D eigenvalue weighted by atomic mass is 32.2. The lowest BCUT2D eigenvalue weighted by Crippen LogP contribution is -2.49. The van der Waals surface area contributed by atoms with Gasteiger partial charge < -0.3 is 15.2 Å². The van der Waals surface area contributed by atoms with Gasteiger partial charge in [-0.2, -0.15) is 0 Å². The number of hydrogen-bond donors (Lipinski definition) is 2. The van der Waals surface area contributed by atoms with Gasteiger partial charge in [-0.15, -0.1) is 0 Å². The third-order valence-corrected chi connectivity index (χ3v) is 7.30. The van der Waals surface area contributed by atoms with Crippen LogP contribution >= 0.6 is 11.9 Å². The van der Waals surface area contributed by atoms with Gasteiger partial charge in [0.25, 0.3) is 0 Å². The Morgan fingerprint density at radius 2 is 1.77 bits per heavy atom. The summed E-state index contributed by atoms with van der Waals surface area (Å²) in [5.41, 5.74) is 3.64. The minimum absolute atomic E-state index is 0.123. The third-order valence-electron chi connectivity index (χ3n) is 6.15. The lowest BCUT2D eigenvalue weighted by atomic mass is 9.91. The van der Waals surface area contributed by atoms with Gasteiger partial charge in [0, 0.05) is 23.9 Å². The number of alkyl carbamates (subject to hydrolysis) is 1. The highest BCUT2D eigenvalue weighted by Gasteiger charge is 2.29. The van der Waals surface area contributed by atoms with Crippen LogP contribution in [0, 0.1) is 0 Å². The first-order valence-electron chi connectivity index (χ1n) is 11.9. The van der Waals surface area contributed by atoms with E-state index in [9.17, 15) is 9.90 Å². The number of carbonyl (C=O) groups excluding carboxylic acids is 1. The predicted molar refractivity (Wildman–Crippen MR) is 141 cm³/mol. The van der Waals surface area contributed by atoms with Crippen LogP contribution in [0.15, 0.2) is 102 Å². The second-order valence-electron chi connectivity index (χ2n) is 8.75. The largest absolute Gasteiger partial charge is 0.445 e. The summed E-state index contributed by atoms with van der Waals surface area (Å²) in [4.78, 5) is 13.5. The van der Waals surface area contributed by atoms with Crippen LogP contribution in [0.5, 0.6) is 0 Å². The van der Waals surface area contributed by atoms with E-state index in [-0.39, 0.29) is 6.61 Å². The third kappa shape index (κ3) is 7.21. The first kappa shape index (κ1) is 25.0. The van der Waals surface area contributed by atoms with Gasteiger partial charge in [0.05, 0.1) is 12.1 Å². The summed E-state index contributed by atoms with van der Waals surface area (Å²) in [5, 5.41) is 14.2. The number of nitrogens with one attached hydrogen (secondary N) is 1. The Balaban J connectivity index is 1.53. The molecule has 3 aromatic rings. The maximum Gasteiger partial charge on any atom is 0.407 e. The van der Waals surface area contributed by atoms with E-state index in [2.05, 4.69) is 64.7 Å². The molecular formula is C29H32N2O3S. The summed E-state index contributed by atoms with van der Waals surface area (Å²) in [6, 6.07) is 28.4. The van der Waals surface area contributed by atoms with Gasteiger partial charge in [0.1, 0.15) is 6.61 Å². The van der Waals surface area contributed by atoms with Crippen LogP contribution in [0.4, 0.5) is 4.79 Å². The number of hydrogen-bond acceptors (Lipinski definition) is 5. The Labute approximate surface area is 212 Å². The normalized spacial score (nSPS) is 17.5. The highest BCUT2D eigenvalue weighted by Crippen LogP contribution is 2.36. The molecule has 6 heteroatoms. The number of ether oxygens (including phenoxy) is 1. The molecule has 1 heterocycles. The fraction of sp³-hybridized carbons (Fsp3) is 0.276. The van der Waals surface area contributed by atoms with E-state index in [0.717, 1.165) is 18.5 Å². The Bertz CT molecular complexity index is 1090. The first-order valence-corrected chi connectivity index (χ1v) is 12.7. The molecule has 0 saturated heterocycles. The van der Waals surface area contributed by atoms with Crippen LogP contribution in [-0.2, 0) is 17.6 Å². The zero-order valence-corrected chi connectivity index (χ0v) is 20.6. The summed E-state index contributed by atoms with van der Waals surface area (Å²) in [7, 11) is 0. The van der Waals surface area contributed by atoms with Gasteiger partial charge in [0.15, 0.2) is 0 Å². The monoisotopic (exact) mass is 488 g/mol. The molecule has 1 aliphatic heterocycles. The van der Waals surface area contributed by atoms with Crippen molar-refractivity contribution in [1.29, 1.82) is 0 Å². The molecule has 1 unspecified atom stereocenters. The van der Waals surface area contributed by atoms with E-state index in [1.54, 1.807) is 11.9 Å². The molecule has 0 fully saturated rings. The van der Waals surface area contributed by atoms with Crippen LogP contribution in [0.3, 0.4) is 0 Å². The lowest BCUT2D eigenvalue weighted by Gasteiger charge is -2.30. The summed E-state index contributed by atoms with van der Waals surface area (Å²) in [6.07, 6.45) is 1.63. The Hall–Kier alpha value is -3.06. The summed E-state index contributed by atoms with van der Waals surface area (Å²) < 4.78 is 7.37. The SMILES string of the molecule is C=CCOC(=O)NC(Cc1ccccc1)[C@H](O)CN1C[C@@H](c2ccccc2)Cc2ccccc2S1. The van der Waals surface area contributed by atoms with E-state index in [1.807, 2.05) is 36.4 Å². The van der Waals surface area contributed by atoms with Crippen molar-refractivity contribution in [3.8, 4) is 0 Å². The average Bonchev–Trinajstić information content (AvgIpc) is 3.07. The molecule has 182 valence electrons. The van der Waals surface area contributed by atoms with Gasteiger partial charge >= 0.3 is 6.09 Å². The van der Waals surface area contributed by atoms with E-state index in [4.69, 9.17) is 4.74 Å². The topological polar surface area (TPSA) is 61.8 Å². The molecule has 1 aliphatic rings. The van der Waals surface area contributed by atoms with Crippen molar-refractivity contribution < 1.29 is 14.6 Å². The Morgan fingerprint density at radius 1 is 1.09 bits per heavy atom. The van der Waals surface area contributed by atoms with Gasteiger partial charge in [-0.1, -0.05) is 91.5 Å². The molecule has 35 heavy (non-hydrogen) atoms. The number of nitrogens with zero attached hydrogens (tertiary/aromatic N) is 1. The van der Waals surface area contributed by atoms with Crippen molar-refractivity contribution in [2.45, 2.75) is 35.8 Å². The molecular weight excluding hydrogens is 456 g/mol. The quantitative estimate of drug-likeness (QED) is 0.319. The zero-order chi connectivity index (χ0) is 24.5.